The minimum atomic E-state index is -1.71. The molecule has 3 aromatic rings. The Balaban J connectivity index is 1.61. The molecule has 34 heavy (non-hydrogen) atoms. The van der Waals surface area contributed by atoms with Crippen LogP contribution in [0.3, 0.4) is 0 Å². The van der Waals surface area contributed by atoms with E-state index in [4.69, 9.17) is 9.26 Å². The quantitative estimate of drug-likeness (QED) is 0.491. The molecule has 176 valence electrons. The molecule has 0 radical (unpaired) electrons. The third-order valence-corrected chi connectivity index (χ3v) is 6.89. The first-order valence-corrected chi connectivity index (χ1v) is 10.8. The van der Waals surface area contributed by atoms with Crippen LogP contribution in [-0.4, -0.2) is 62.6 Å². The maximum atomic E-state index is 16.0. The van der Waals surface area contributed by atoms with Gasteiger partial charge in [0, 0.05) is 20.0 Å². The number of nitrogens with one attached hydrogen (secondary N) is 2. The Hall–Kier alpha value is -3.87. The molecule has 3 atom stereocenters. The smallest absolute Gasteiger partial charge is 0.328 e. The molecular formula is C21H20FN7O5. The van der Waals surface area contributed by atoms with E-state index in [1.807, 2.05) is 6.92 Å². The number of barbiturate groups is 1. The predicted molar refractivity (Wildman–Crippen MR) is 113 cm³/mol. The van der Waals surface area contributed by atoms with E-state index in [9.17, 15) is 14.4 Å². The SMILES string of the molecule is C[C@@H]1CN2c3c(cc4c(-c5ncnn5C)noc4c3F)CC3(C(=O)NC(=O)NC3=O)[C@H]2[C@H](C)O1. The van der Waals surface area contributed by atoms with Gasteiger partial charge in [0.1, 0.15) is 6.33 Å². The van der Waals surface area contributed by atoms with Gasteiger partial charge in [-0.3, -0.25) is 20.2 Å². The van der Waals surface area contributed by atoms with Crippen LogP contribution in [0.5, 0.6) is 0 Å². The highest BCUT2D eigenvalue weighted by molar-refractivity contribution is 6.20. The number of aryl methyl sites for hydroxylation is 1. The maximum absolute atomic E-state index is 16.0. The predicted octanol–water partition coefficient (Wildman–Crippen LogP) is 0.653. The molecular weight excluding hydrogens is 449 g/mol. The molecule has 0 saturated carbocycles. The van der Waals surface area contributed by atoms with Crippen LogP contribution < -0.4 is 15.5 Å². The summed E-state index contributed by atoms with van der Waals surface area (Å²) in [6.45, 7) is 3.79. The normalized spacial score (nSPS) is 25.8. The summed E-state index contributed by atoms with van der Waals surface area (Å²) in [5.74, 6) is -1.77. The molecule has 2 N–H and O–H groups in total. The second-order valence-corrected chi connectivity index (χ2v) is 8.95. The third-order valence-electron chi connectivity index (χ3n) is 6.89. The van der Waals surface area contributed by atoms with Crippen molar-refractivity contribution in [1.29, 1.82) is 0 Å². The van der Waals surface area contributed by atoms with Crippen LogP contribution in [0, 0.1) is 11.2 Å². The van der Waals surface area contributed by atoms with Crippen LogP contribution in [0.25, 0.3) is 22.5 Å². The maximum Gasteiger partial charge on any atom is 0.328 e. The van der Waals surface area contributed by atoms with Crippen LogP contribution in [-0.2, 0) is 27.8 Å². The van der Waals surface area contributed by atoms with Crippen molar-refractivity contribution in [1.82, 2.24) is 30.6 Å². The number of rotatable bonds is 1. The first-order valence-electron chi connectivity index (χ1n) is 10.8. The van der Waals surface area contributed by atoms with Crippen molar-refractivity contribution in [3.05, 3.63) is 23.8 Å². The van der Waals surface area contributed by atoms with Crippen LogP contribution in [0.2, 0.25) is 0 Å². The largest absolute Gasteiger partial charge is 0.372 e. The Bertz CT molecular complexity index is 1380. The lowest BCUT2D eigenvalue weighted by Gasteiger charge is -2.55. The fourth-order valence-corrected chi connectivity index (χ4v) is 5.62. The van der Waals surface area contributed by atoms with Gasteiger partial charge in [0.2, 0.25) is 17.4 Å². The van der Waals surface area contributed by atoms with Crippen molar-refractivity contribution >= 4 is 34.5 Å². The molecule has 13 heteroatoms. The summed E-state index contributed by atoms with van der Waals surface area (Å²) in [5.41, 5.74) is -0.852. The lowest BCUT2D eigenvalue weighted by atomic mass is 9.66. The fourth-order valence-electron chi connectivity index (χ4n) is 5.62. The van der Waals surface area contributed by atoms with E-state index in [-0.39, 0.29) is 36.0 Å². The highest BCUT2D eigenvalue weighted by atomic mass is 19.1. The molecule has 4 amide bonds. The number of anilines is 1. The zero-order valence-electron chi connectivity index (χ0n) is 18.5. The average Bonchev–Trinajstić information content (AvgIpc) is 3.37. The van der Waals surface area contributed by atoms with Crippen LogP contribution in [0.1, 0.15) is 19.4 Å². The van der Waals surface area contributed by atoms with Crippen molar-refractivity contribution in [3.63, 3.8) is 0 Å². The Kier molecular flexibility index (Phi) is 4.16. The number of carbonyl (C=O) groups excluding carboxylic acids is 3. The first-order chi connectivity index (χ1) is 16.2. The van der Waals surface area contributed by atoms with E-state index in [0.29, 0.717) is 16.8 Å². The van der Waals surface area contributed by atoms with Gasteiger partial charge in [-0.05, 0) is 25.5 Å². The number of imide groups is 2. The number of ether oxygens (including phenoxy) is 1. The minimum Gasteiger partial charge on any atom is -0.372 e. The number of hydrogen-bond acceptors (Lipinski definition) is 9. The van der Waals surface area contributed by atoms with Crippen molar-refractivity contribution in [2.45, 2.75) is 38.5 Å². The molecule has 1 aromatic carbocycles. The second-order valence-electron chi connectivity index (χ2n) is 8.95. The lowest BCUT2D eigenvalue weighted by Crippen LogP contribution is -2.75. The van der Waals surface area contributed by atoms with E-state index >= 15 is 4.39 Å². The number of hydrogen-bond donors (Lipinski definition) is 2. The van der Waals surface area contributed by atoms with Crippen LogP contribution in [0.4, 0.5) is 14.9 Å². The minimum absolute atomic E-state index is 0.0639. The molecule has 6 rings (SSSR count). The van der Waals surface area contributed by atoms with E-state index in [1.54, 1.807) is 24.9 Å². The number of morpholine rings is 1. The Morgan fingerprint density at radius 3 is 2.62 bits per heavy atom. The number of halogens is 1. The number of nitrogens with zero attached hydrogens (tertiary/aromatic N) is 5. The summed E-state index contributed by atoms with van der Waals surface area (Å²) >= 11 is 0. The third kappa shape index (κ3) is 2.55. The molecule has 3 aliphatic rings. The van der Waals surface area contributed by atoms with Crippen LogP contribution >= 0.6 is 0 Å². The molecule has 0 bridgehead atoms. The summed E-state index contributed by atoms with van der Waals surface area (Å²) in [6.07, 6.45) is 0.284. The number of fused-ring (bicyclic) bond motifs is 5. The van der Waals surface area contributed by atoms with Crippen molar-refractivity contribution < 1.29 is 28.0 Å². The standard InChI is InChI=1S/C21H20FN7O5/c1-8-6-29-14-10(4-11-13(17-23-7-24-28(17)3)27-34-15(11)12(14)22)5-21(16(29)9(2)33-8)18(30)25-20(32)26-19(21)31/h4,7-9,16H,5-6H2,1-3H3,(H2,25,26,30,31,32)/t8-,9+,16-/m1/s1. The highest BCUT2D eigenvalue weighted by Gasteiger charge is 2.63. The van der Waals surface area contributed by atoms with Gasteiger partial charge >= 0.3 is 6.03 Å². The van der Waals surface area contributed by atoms with Crippen molar-refractivity contribution in [2.24, 2.45) is 12.5 Å². The Labute approximate surface area is 191 Å². The number of carbonyl (C=O) groups is 3. The number of benzene rings is 1. The molecule has 2 saturated heterocycles. The molecule has 1 spiro atoms. The zero-order chi connectivity index (χ0) is 23.9. The molecule has 2 fully saturated rings. The molecule has 3 aliphatic heterocycles. The highest BCUT2D eigenvalue weighted by Crippen LogP contribution is 2.49. The van der Waals surface area contributed by atoms with Gasteiger partial charge in [0.15, 0.2) is 22.8 Å². The number of amides is 4. The van der Waals surface area contributed by atoms with E-state index in [0.717, 1.165) is 0 Å². The van der Waals surface area contributed by atoms with Crippen molar-refractivity contribution in [3.8, 4) is 11.5 Å². The first kappa shape index (κ1) is 20.7. The summed E-state index contributed by atoms with van der Waals surface area (Å²) in [4.78, 5) is 44.2. The molecule has 0 aliphatic carbocycles. The van der Waals surface area contributed by atoms with Gasteiger partial charge in [-0.15, -0.1) is 0 Å². The average molecular weight is 469 g/mol. The van der Waals surface area contributed by atoms with Gasteiger partial charge < -0.3 is 14.2 Å². The van der Waals surface area contributed by atoms with Gasteiger partial charge in [0.05, 0.1) is 29.3 Å². The van der Waals surface area contributed by atoms with E-state index in [1.165, 1.54) is 11.0 Å². The summed E-state index contributed by atoms with van der Waals surface area (Å²) in [5, 5.41) is 12.8. The van der Waals surface area contributed by atoms with Gasteiger partial charge in [-0.2, -0.15) is 5.10 Å². The van der Waals surface area contributed by atoms with E-state index in [2.05, 4.69) is 25.9 Å². The summed E-state index contributed by atoms with van der Waals surface area (Å²) in [6, 6.07) is -0.0769. The fraction of sp³-hybridized carbons (Fsp3) is 0.429. The summed E-state index contributed by atoms with van der Waals surface area (Å²) in [7, 11) is 1.67. The monoisotopic (exact) mass is 469 g/mol. The molecule has 12 nitrogen and oxygen atoms in total. The Morgan fingerprint density at radius 1 is 1.21 bits per heavy atom. The molecule has 2 aromatic heterocycles. The molecule has 5 heterocycles. The second kappa shape index (κ2) is 6.82. The van der Waals surface area contributed by atoms with Gasteiger partial charge in [-0.25, -0.2) is 18.9 Å². The van der Waals surface area contributed by atoms with Gasteiger partial charge in [0.25, 0.3) is 0 Å². The Morgan fingerprint density at radius 2 is 1.94 bits per heavy atom. The number of urea groups is 1. The summed E-state index contributed by atoms with van der Waals surface area (Å²) < 4.78 is 28.8. The zero-order valence-corrected chi connectivity index (χ0v) is 18.5. The van der Waals surface area contributed by atoms with Gasteiger partial charge in [-0.1, -0.05) is 5.16 Å². The van der Waals surface area contributed by atoms with Crippen LogP contribution in [0.15, 0.2) is 16.9 Å². The topological polar surface area (TPSA) is 144 Å². The van der Waals surface area contributed by atoms with Crippen molar-refractivity contribution in [2.75, 3.05) is 11.4 Å². The number of aromatic nitrogens is 4. The van der Waals surface area contributed by atoms with E-state index < -0.39 is 41.2 Å². The lowest BCUT2D eigenvalue weighted by molar-refractivity contribution is -0.153. The molecule has 0 unspecified atom stereocenters.